The lowest BCUT2D eigenvalue weighted by Gasteiger charge is -2.06. The van der Waals surface area contributed by atoms with Gasteiger partial charge in [0.15, 0.2) is 5.78 Å². The summed E-state index contributed by atoms with van der Waals surface area (Å²) in [5, 5.41) is 0. The van der Waals surface area contributed by atoms with Gasteiger partial charge in [0.2, 0.25) is 0 Å². The van der Waals surface area contributed by atoms with Crippen molar-refractivity contribution in [3.63, 3.8) is 0 Å². The molecule has 0 amide bonds. The summed E-state index contributed by atoms with van der Waals surface area (Å²) >= 11 is 7.40. The van der Waals surface area contributed by atoms with Gasteiger partial charge < -0.3 is 0 Å². The van der Waals surface area contributed by atoms with Gasteiger partial charge in [-0.3, -0.25) is 4.79 Å². The molecule has 14 heavy (non-hydrogen) atoms. The Balaban J connectivity index is 3.07. The summed E-state index contributed by atoms with van der Waals surface area (Å²) in [4.78, 5) is 12.5. The maximum atomic E-state index is 11.4. The molecule has 0 unspecified atom stereocenters. The summed E-state index contributed by atoms with van der Waals surface area (Å²) in [7, 11) is 0. The first-order valence-electron chi connectivity index (χ1n) is 4.49. The van der Waals surface area contributed by atoms with Crippen LogP contribution in [-0.4, -0.2) is 12.0 Å². The van der Waals surface area contributed by atoms with Crippen LogP contribution < -0.4 is 0 Å². The Morgan fingerprint density at radius 3 is 2.71 bits per heavy atom. The molecule has 0 atom stereocenters. The highest BCUT2D eigenvalue weighted by atomic mass is 35.5. The highest BCUT2D eigenvalue weighted by molar-refractivity contribution is 7.98. The molecule has 76 valence electrons. The van der Waals surface area contributed by atoms with Gasteiger partial charge in [0.05, 0.1) is 0 Å². The standard InChI is InChI=1S/C11H13ClOS/c1-3-10(13)8-4-5-9(7-12)11(6-8)14-2/h4-6H,3,7H2,1-2H3. The van der Waals surface area contributed by atoms with E-state index in [1.807, 2.05) is 31.4 Å². The Morgan fingerprint density at radius 1 is 1.50 bits per heavy atom. The Kier molecular flexibility index (Phi) is 4.49. The van der Waals surface area contributed by atoms with Crippen molar-refractivity contribution < 1.29 is 4.79 Å². The zero-order chi connectivity index (χ0) is 10.6. The van der Waals surface area contributed by atoms with Crippen molar-refractivity contribution in [3.05, 3.63) is 29.3 Å². The van der Waals surface area contributed by atoms with E-state index in [1.165, 1.54) is 0 Å². The van der Waals surface area contributed by atoms with E-state index in [9.17, 15) is 4.79 Å². The van der Waals surface area contributed by atoms with Crippen molar-refractivity contribution in [1.29, 1.82) is 0 Å². The van der Waals surface area contributed by atoms with Gasteiger partial charge >= 0.3 is 0 Å². The third kappa shape index (κ3) is 2.52. The SMILES string of the molecule is CCC(=O)c1ccc(CCl)c(SC)c1. The van der Waals surface area contributed by atoms with Gasteiger partial charge in [-0.1, -0.05) is 19.1 Å². The van der Waals surface area contributed by atoms with Crippen LogP contribution in [0.5, 0.6) is 0 Å². The second kappa shape index (κ2) is 5.42. The van der Waals surface area contributed by atoms with Crippen molar-refractivity contribution in [2.24, 2.45) is 0 Å². The predicted molar refractivity (Wildman–Crippen MR) is 62.4 cm³/mol. The molecular formula is C11H13ClOS. The molecule has 0 heterocycles. The highest BCUT2D eigenvalue weighted by Crippen LogP contribution is 2.23. The van der Waals surface area contributed by atoms with Crippen LogP contribution in [0.1, 0.15) is 29.3 Å². The fraction of sp³-hybridized carbons (Fsp3) is 0.364. The molecule has 3 heteroatoms. The number of halogens is 1. The quantitative estimate of drug-likeness (QED) is 0.444. The first kappa shape index (κ1) is 11.6. The fourth-order valence-corrected chi connectivity index (χ4v) is 2.19. The number of hydrogen-bond donors (Lipinski definition) is 0. The zero-order valence-corrected chi connectivity index (χ0v) is 9.91. The van der Waals surface area contributed by atoms with E-state index in [-0.39, 0.29) is 5.78 Å². The van der Waals surface area contributed by atoms with E-state index >= 15 is 0 Å². The van der Waals surface area contributed by atoms with Crippen molar-refractivity contribution in [2.75, 3.05) is 6.26 Å². The minimum absolute atomic E-state index is 0.182. The average molecular weight is 229 g/mol. The number of hydrogen-bond acceptors (Lipinski definition) is 2. The van der Waals surface area contributed by atoms with Crippen molar-refractivity contribution in [3.8, 4) is 0 Å². The molecular weight excluding hydrogens is 216 g/mol. The van der Waals surface area contributed by atoms with E-state index < -0.39 is 0 Å². The monoisotopic (exact) mass is 228 g/mol. The second-order valence-corrected chi connectivity index (χ2v) is 4.05. The number of benzene rings is 1. The van der Waals surface area contributed by atoms with E-state index in [0.29, 0.717) is 12.3 Å². The number of carbonyl (C=O) groups excluding carboxylic acids is 1. The Hall–Kier alpha value is -0.470. The van der Waals surface area contributed by atoms with Gasteiger partial charge in [0.25, 0.3) is 0 Å². The number of rotatable bonds is 4. The van der Waals surface area contributed by atoms with Crippen molar-refractivity contribution in [1.82, 2.24) is 0 Å². The summed E-state index contributed by atoms with van der Waals surface area (Å²) in [6.45, 7) is 1.87. The van der Waals surface area contributed by atoms with E-state index in [4.69, 9.17) is 11.6 Å². The molecule has 0 aliphatic rings. The van der Waals surface area contributed by atoms with Gasteiger partial charge in [-0.05, 0) is 17.9 Å². The topological polar surface area (TPSA) is 17.1 Å². The Labute approximate surface area is 93.8 Å². The largest absolute Gasteiger partial charge is 0.294 e. The molecule has 0 aliphatic heterocycles. The second-order valence-electron chi connectivity index (χ2n) is 2.94. The molecule has 0 fully saturated rings. The first-order chi connectivity index (χ1) is 6.72. The molecule has 0 aromatic heterocycles. The fourth-order valence-electron chi connectivity index (χ4n) is 1.23. The predicted octanol–water partition coefficient (Wildman–Crippen LogP) is 3.74. The summed E-state index contributed by atoms with van der Waals surface area (Å²) in [5.41, 5.74) is 1.87. The van der Waals surface area contributed by atoms with Crippen LogP contribution in [0.4, 0.5) is 0 Å². The van der Waals surface area contributed by atoms with Gasteiger partial charge in [0.1, 0.15) is 0 Å². The molecule has 0 radical (unpaired) electrons. The summed E-state index contributed by atoms with van der Waals surface area (Å²) < 4.78 is 0. The number of ketones is 1. The summed E-state index contributed by atoms with van der Waals surface area (Å²) in [5.74, 6) is 0.679. The minimum Gasteiger partial charge on any atom is -0.294 e. The van der Waals surface area contributed by atoms with Crippen LogP contribution in [0.25, 0.3) is 0 Å². The third-order valence-electron chi connectivity index (χ3n) is 2.07. The van der Waals surface area contributed by atoms with Crippen LogP contribution in [0.15, 0.2) is 23.1 Å². The molecule has 1 aromatic carbocycles. The van der Waals surface area contributed by atoms with E-state index in [0.717, 1.165) is 16.0 Å². The molecule has 0 saturated heterocycles. The average Bonchev–Trinajstić information content (AvgIpc) is 2.26. The van der Waals surface area contributed by atoms with Crippen molar-refractivity contribution in [2.45, 2.75) is 24.1 Å². The molecule has 0 spiro atoms. The lowest BCUT2D eigenvalue weighted by atomic mass is 10.1. The first-order valence-corrected chi connectivity index (χ1v) is 6.25. The maximum Gasteiger partial charge on any atom is 0.162 e. The van der Waals surface area contributed by atoms with Crippen molar-refractivity contribution >= 4 is 29.1 Å². The minimum atomic E-state index is 0.182. The molecule has 0 saturated carbocycles. The molecule has 1 rings (SSSR count). The van der Waals surface area contributed by atoms with Gasteiger partial charge in [-0.2, -0.15) is 0 Å². The number of alkyl halides is 1. The summed E-state index contributed by atoms with van der Waals surface area (Å²) in [6, 6.07) is 5.71. The Bertz CT molecular complexity index is 336. The smallest absolute Gasteiger partial charge is 0.162 e. The maximum absolute atomic E-state index is 11.4. The highest BCUT2D eigenvalue weighted by Gasteiger charge is 2.06. The third-order valence-corrected chi connectivity index (χ3v) is 3.18. The van der Waals surface area contributed by atoms with Gasteiger partial charge in [0, 0.05) is 22.8 Å². The van der Waals surface area contributed by atoms with Crippen LogP contribution in [0.3, 0.4) is 0 Å². The Morgan fingerprint density at radius 2 is 2.21 bits per heavy atom. The molecule has 1 aromatic rings. The molecule has 0 aliphatic carbocycles. The number of Topliss-reactive ketones (excluding diaryl/α,β-unsaturated/α-hetero) is 1. The van der Waals surface area contributed by atoms with Gasteiger partial charge in [-0.25, -0.2) is 0 Å². The van der Waals surface area contributed by atoms with Crippen LogP contribution in [0, 0.1) is 0 Å². The number of carbonyl (C=O) groups is 1. The lowest BCUT2D eigenvalue weighted by Crippen LogP contribution is -1.97. The van der Waals surface area contributed by atoms with Crippen LogP contribution >= 0.6 is 23.4 Å². The molecule has 0 bridgehead atoms. The number of thioether (sulfide) groups is 1. The van der Waals surface area contributed by atoms with E-state index in [2.05, 4.69) is 0 Å². The van der Waals surface area contributed by atoms with Crippen LogP contribution in [-0.2, 0) is 5.88 Å². The van der Waals surface area contributed by atoms with Crippen LogP contribution in [0.2, 0.25) is 0 Å². The summed E-state index contributed by atoms with van der Waals surface area (Å²) in [6.07, 6.45) is 2.54. The van der Waals surface area contributed by atoms with E-state index in [1.54, 1.807) is 11.8 Å². The molecule has 0 N–H and O–H groups in total. The lowest BCUT2D eigenvalue weighted by molar-refractivity contribution is 0.0988. The zero-order valence-electron chi connectivity index (χ0n) is 8.34. The normalized spacial score (nSPS) is 10.2. The van der Waals surface area contributed by atoms with Gasteiger partial charge in [-0.15, -0.1) is 23.4 Å². The molecule has 1 nitrogen and oxygen atoms in total.